The summed E-state index contributed by atoms with van der Waals surface area (Å²) >= 11 is 0. The molecule has 0 aromatic carbocycles. The monoisotopic (exact) mass is 184 g/mol. The molecule has 0 aliphatic carbocycles. The molecule has 0 radical (unpaired) electrons. The maximum Gasteiger partial charge on any atom is 0.302 e. The minimum atomic E-state index is -0.388. The summed E-state index contributed by atoms with van der Waals surface area (Å²) in [7, 11) is 0. The van der Waals surface area contributed by atoms with Gasteiger partial charge < -0.3 is 9.64 Å². The summed E-state index contributed by atoms with van der Waals surface area (Å²) in [5.74, 6) is -0.589. The molecule has 0 saturated heterocycles. The van der Waals surface area contributed by atoms with Crippen molar-refractivity contribution in [1.82, 2.24) is 4.90 Å². The third kappa shape index (κ3) is 5.67. The molecule has 13 heavy (non-hydrogen) atoms. The van der Waals surface area contributed by atoms with E-state index in [1.54, 1.807) is 0 Å². The van der Waals surface area contributed by atoms with Gasteiger partial charge in [0.2, 0.25) is 5.91 Å². The van der Waals surface area contributed by atoms with Gasteiger partial charge in [-0.05, 0) is 0 Å². The Kier molecular flexibility index (Phi) is 5.28. The molecule has 5 heteroatoms. The molecule has 0 aliphatic rings. The number of carbonyl (C=O) groups is 2. The molecule has 0 N–H and O–H groups in total. The Morgan fingerprint density at radius 2 is 2.08 bits per heavy atom. The van der Waals surface area contributed by atoms with Crippen molar-refractivity contribution < 1.29 is 14.3 Å². The molecule has 0 aliphatic heterocycles. The smallest absolute Gasteiger partial charge is 0.302 e. The first-order valence-electron chi connectivity index (χ1n) is 3.83. The van der Waals surface area contributed by atoms with Crippen LogP contribution in [0.25, 0.3) is 0 Å². The molecule has 72 valence electrons. The van der Waals surface area contributed by atoms with Crippen LogP contribution in [0, 0.1) is 11.3 Å². The number of esters is 1. The van der Waals surface area contributed by atoms with Gasteiger partial charge in [-0.15, -0.1) is 0 Å². The highest BCUT2D eigenvalue weighted by molar-refractivity contribution is 5.73. The molecule has 0 rings (SSSR count). The molecule has 0 spiro atoms. The molecule has 0 unspecified atom stereocenters. The molecule has 0 heterocycles. The Hall–Kier alpha value is -1.57. The Labute approximate surface area is 76.9 Å². The summed E-state index contributed by atoms with van der Waals surface area (Å²) in [6, 6.07) is 1.85. The van der Waals surface area contributed by atoms with E-state index in [1.165, 1.54) is 18.7 Å². The first-order chi connectivity index (χ1) is 6.07. The summed E-state index contributed by atoms with van der Waals surface area (Å²) in [6.07, 6.45) is 0. The van der Waals surface area contributed by atoms with Gasteiger partial charge in [0.25, 0.3) is 0 Å². The SMILES string of the molecule is CC(=O)OCCN(CC#N)C(C)=O. The second-order valence-corrected chi connectivity index (χ2v) is 2.44. The van der Waals surface area contributed by atoms with Crippen LogP contribution in [-0.2, 0) is 14.3 Å². The number of hydrogen-bond donors (Lipinski definition) is 0. The molecule has 0 atom stereocenters. The number of nitriles is 1. The maximum atomic E-state index is 10.8. The van der Waals surface area contributed by atoms with Gasteiger partial charge in [0.05, 0.1) is 12.6 Å². The molecule has 0 aromatic heterocycles. The van der Waals surface area contributed by atoms with Crippen LogP contribution in [0.2, 0.25) is 0 Å². The number of carbonyl (C=O) groups excluding carboxylic acids is 2. The van der Waals surface area contributed by atoms with Crippen molar-refractivity contribution in [3.8, 4) is 6.07 Å². The zero-order chi connectivity index (χ0) is 10.3. The van der Waals surface area contributed by atoms with E-state index in [-0.39, 0.29) is 31.6 Å². The van der Waals surface area contributed by atoms with Crippen LogP contribution < -0.4 is 0 Å². The predicted octanol–water partition coefficient (Wildman–Crippen LogP) is -0.0784. The lowest BCUT2D eigenvalue weighted by molar-refractivity contribution is -0.143. The second-order valence-electron chi connectivity index (χ2n) is 2.44. The highest BCUT2D eigenvalue weighted by Gasteiger charge is 2.07. The van der Waals surface area contributed by atoms with Gasteiger partial charge in [-0.1, -0.05) is 0 Å². The number of ether oxygens (including phenoxy) is 1. The number of hydrogen-bond acceptors (Lipinski definition) is 4. The fourth-order valence-corrected chi connectivity index (χ4v) is 0.733. The molecule has 0 saturated carbocycles. The standard InChI is InChI=1S/C8H12N2O3/c1-7(11)10(4-3-9)5-6-13-8(2)12/h4-6H2,1-2H3. The Morgan fingerprint density at radius 3 is 2.46 bits per heavy atom. The third-order valence-electron chi connectivity index (χ3n) is 1.37. The van der Waals surface area contributed by atoms with Crippen LogP contribution in [-0.4, -0.2) is 36.5 Å². The van der Waals surface area contributed by atoms with Gasteiger partial charge in [-0.25, -0.2) is 0 Å². The van der Waals surface area contributed by atoms with Crippen molar-refractivity contribution in [3.05, 3.63) is 0 Å². The molecule has 0 bridgehead atoms. The molecule has 0 fully saturated rings. The summed E-state index contributed by atoms with van der Waals surface area (Å²) < 4.78 is 4.63. The average molecular weight is 184 g/mol. The second kappa shape index (κ2) is 6.00. The average Bonchev–Trinajstić information content (AvgIpc) is 2.02. The lowest BCUT2D eigenvalue weighted by Gasteiger charge is -2.16. The number of nitrogens with zero attached hydrogens (tertiary/aromatic N) is 2. The lowest BCUT2D eigenvalue weighted by Crippen LogP contribution is -2.32. The van der Waals surface area contributed by atoms with Crippen LogP contribution in [0.5, 0.6) is 0 Å². The summed E-state index contributed by atoms with van der Waals surface area (Å²) in [6.45, 7) is 3.09. The van der Waals surface area contributed by atoms with Crippen LogP contribution in [0.3, 0.4) is 0 Å². The van der Waals surface area contributed by atoms with Gasteiger partial charge >= 0.3 is 5.97 Å². The Morgan fingerprint density at radius 1 is 1.46 bits per heavy atom. The highest BCUT2D eigenvalue weighted by atomic mass is 16.5. The Balaban J connectivity index is 3.77. The number of amides is 1. The quantitative estimate of drug-likeness (QED) is 0.452. The largest absolute Gasteiger partial charge is 0.464 e. The highest BCUT2D eigenvalue weighted by Crippen LogP contribution is 1.89. The van der Waals surface area contributed by atoms with Gasteiger partial charge in [-0.2, -0.15) is 5.26 Å². The van der Waals surface area contributed by atoms with E-state index in [1.807, 2.05) is 6.07 Å². The molecule has 0 aromatic rings. The van der Waals surface area contributed by atoms with E-state index < -0.39 is 0 Å². The topological polar surface area (TPSA) is 70.4 Å². The van der Waals surface area contributed by atoms with E-state index in [4.69, 9.17) is 5.26 Å². The van der Waals surface area contributed by atoms with Crippen LogP contribution in [0.1, 0.15) is 13.8 Å². The lowest BCUT2D eigenvalue weighted by atomic mass is 10.4. The molecule has 1 amide bonds. The van der Waals surface area contributed by atoms with Crippen LogP contribution in [0.15, 0.2) is 0 Å². The van der Waals surface area contributed by atoms with Gasteiger partial charge in [-0.3, -0.25) is 9.59 Å². The molecule has 5 nitrogen and oxygen atoms in total. The first kappa shape index (κ1) is 11.4. The first-order valence-corrected chi connectivity index (χ1v) is 3.83. The maximum absolute atomic E-state index is 10.8. The third-order valence-corrected chi connectivity index (χ3v) is 1.37. The molecular formula is C8H12N2O3. The normalized spacial score (nSPS) is 8.69. The van der Waals surface area contributed by atoms with Crippen molar-refractivity contribution in [1.29, 1.82) is 5.26 Å². The van der Waals surface area contributed by atoms with Gasteiger partial charge in [0.15, 0.2) is 0 Å². The van der Waals surface area contributed by atoms with E-state index >= 15 is 0 Å². The zero-order valence-electron chi connectivity index (χ0n) is 7.74. The summed E-state index contributed by atoms with van der Waals surface area (Å²) in [5, 5.41) is 8.34. The van der Waals surface area contributed by atoms with E-state index in [0.717, 1.165) is 0 Å². The zero-order valence-corrected chi connectivity index (χ0v) is 7.74. The van der Waals surface area contributed by atoms with Crippen molar-refractivity contribution in [2.24, 2.45) is 0 Å². The van der Waals surface area contributed by atoms with E-state index in [2.05, 4.69) is 4.74 Å². The summed E-state index contributed by atoms with van der Waals surface area (Å²) in [5.41, 5.74) is 0. The Bertz CT molecular complexity index is 232. The van der Waals surface area contributed by atoms with E-state index in [9.17, 15) is 9.59 Å². The van der Waals surface area contributed by atoms with Crippen LogP contribution >= 0.6 is 0 Å². The fourth-order valence-electron chi connectivity index (χ4n) is 0.733. The van der Waals surface area contributed by atoms with Crippen molar-refractivity contribution in [3.63, 3.8) is 0 Å². The van der Waals surface area contributed by atoms with Gasteiger partial charge in [0.1, 0.15) is 13.2 Å². The van der Waals surface area contributed by atoms with Crippen LogP contribution in [0.4, 0.5) is 0 Å². The fraction of sp³-hybridized carbons (Fsp3) is 0.625. The predicted molar refractivity (Wildman–Crippen MR) is 44.5 cm³/mol. The van der Waals surface area contributed by atoms with Crippen molar-refractivity contribution in [2.75, 3.05) is 19.7 Å². The minimum Gasteiger partial charge on any atom is -0.464 e. The number of rotatable bonds is 4. The van der Waals surface area contributed by atoms with Crippen molar-refractivity contribution in [2.45, 2.75) is 13.8 Å². The minimum absolute atomic E-state index is 0.0244. The van der Waals surface area contributed by atoms with Gasteiger partial charge in [0, 0.05) is 13.8 Å². The summed E-state index contributed by atoms with van der Waals surface area (Å²) in [4.78, 5) is 22.5. The molecular weight excluding hydrogens is 172 g/mol. The van der Waals surface area contributed by atoms with E-state index in [0.29, 0.717) is 0 Å². The van der Waals surface area contributed by atoms with Crippen molar-refractivity contribution >= 4 is 11.9 Å².